The molecule has 0 N–H and O–H groups in total. The average molecular weight is 244 g/mol. The summed E-state index contributed by atoms with van der Waals surface area (Å²) in [6, 6.07) is 0. The van der Waals surface area contributed by atoms with Gasteiger partial charge in [0.1, 0.15) is 0 Å². The second-order valence-electron chi connectivity index (χ2n) is 4.17. The van der Waals surface area contributed by atoms with Crippen LogP contribution in [0.15, 0.2) is 0 Å². The largest absolute Gasteiger partial charge is 1.00 e. The summed E-state index contributed by atoms with van der Waals surface area (Å²) in [6.45, 7) is 12.9. The van der Waals surface area contributed by atoms with Crippen LogP contribution < -0.4 is 18.9 Å². The SMILES string of the molecule is CCOP(=O)(OCC)[C-](C)[Si](C)(C)C.[Li+]. The number of rotatable bonds is 6. The Bertz CT molecular complexity index is 208. The van der Waals surface area contributed by atoms with Crippen LogP contribution in [-0.2, 0) is 13.6 Å². The maximum atomic E-state index is 12.3. The van der Waals surface area contributed by atoms with E-state index in [0.29, 0.717) is 13.2 Å². The summed E-state index contributed by atoms with van der Waals surface area (Å²) in [5.74, 6) is 0. The molecule has 0 rings (SSSR count). The third-order valence-corrected chi connectivity index (χ3v) is 9.12. The van der Waals surface area contributed by atoms with E-state index in [1.165, 1.54) is 0 Å². The van der Waals surface area contributed by atoms with Crippen LogP contribution in [0.2, 0.25) is 19.6 Å². The van der Waals surface area contributed by atoms with Gasteiger partial charge in [-0.25, -0.2) is 0 Å². The first-order valence-electron chi connectivity index (χ1n) is 5.01. The third-order valence-electron chi connectivity index (χ3n) is 2.09. The Kier molecular flexibility index (Phi) is 8.95. The fourth-order valence-corrected chi connectivity index (χ4v) is 5.80. The van der Waals surface area contributed by atoms with Crippen molar-refractivity contribution in [2.45, 2.75) is 40.4 Å². The molecule has 0 aromatic heterocycles. The zero-order valence-electron chi connectivity index (χ0n) is 11.1. The van der Waals surface area contributed by atoms with Crippen molar-refractivity contribution in [3.05, 3.63) is 5.28 Å². The zero-order chi connectivity index (χ0) is 11.4. The van der Waals surface area contributed by atoms with Gasteiger partial charge in [0.05, 0.1) is 13.2 Å². The molecule has 0 fully saturated rings. The maximum absolute atomic E-state index is 12.3. The standard InChI is InChI=1S/C9H22O3PSi.Li/c1-7-11-13(10,12-8-2)9(3)14(4,5)6;/h7-8H2,1-6H3;/q-1;+1. The first-order chi connectivity index (χ1) is 6.28. The molecule has 0 unspecified atom stereocenters. The minimum atomic E-state index is -2.95. The summed E-state index contributed by atoms with van der Waals surface area (Å²) < 4.78 is 22.9. The van der Waals surface area contributed by atoms with Crippen molar-refractivity contribution in [3.63, 3.8) is 0 Å². The minimum absolute atomic E-state index is 0. The van der Waals surface area contributed by atoms with Crippen LogP contribution in [0, 0.1) is 5.28 Å². The predicted octanol–water partition coefficient (Wildman–Crippen LogP) is 0.686. The normalized spacial score (nSPS) is 12.7. The van der Waals surface area contributed by atoms with Gasteiger partial charge in [-0.1, -0.05) is 27.7 Å². The Labute approximate surface area is 107 Å². The van der Waals surface area contributed by atoms with Gasteiger partial charge in [-0.3, -0.25) is 4.57 Å². The predicted molar refractivity (Wildman–Crippen MR) is 63.1 cm³/mol. The summed E-state index contributed by atoms with van der Waals surface area (Å²) in [6.07, 6.45) is 0. The van der Waals surface area contributed by atoms with Gasteiger partial charge < -0.3 is 9.05 Å². The molecule has 6 heteroatoms. The first-order valence-corrected chi connectivity index (χ1v) is 10.1. The van der Waals surface area contributed by atoms with Crippen molar-refractivity contribution >= 4 is 15.7 Å². The molecule has 0 bridgehead atoms. The molecule has 86 valence electrons. The van der Waals surface area contributed by atoms with Gasteiger partial charge in [-0.2, -0.15) is 12.2 Å². The molecule has 3 nitrogen and oxygen atoms in total. The summed E-state index contributed by atoms with van der Waals surface area (Å²) in [5.41, 5.74) is 0. The Morgan fingerprint density at radius 3 is 1.67 bits per heavy atom. The molecule has 0 amide bonds. The molecule has 0 spiro atoms. The van der Waals surface area contributed by atoms with E-state index in [1.54, 1.807) is 0 Å². The van der Waals surface area contributed by atoms with E-state index in [2.05, 4.69) is 19.6 Å². The average Bonchev–Trinajstić information content (AvgIpc) is 2.02. The van der Waals surface area contributed by atoms with Crippen LogP contribution in [0.4, 0.5) is 0 Å². The molecule has 0 aromatic carbocycles. The third kappa shape index (κ3) is 5.72. The van der Waals surface area contributed by atoms with Crippen LogP contribution >= 0.6 is 7.60 Å². The molecule has 0 aliphatic heterocycles. The summed E-state index contributed by atoms with van der Waals surface area (Å²) in [5, 5.41) is 0.925. The molecule has 0 saturated carbocycles. The molecule has 15 heavy (non-hydrogen) atoms. The van der Waals surface area contributed by atoms with Crippen molar-refractivity contribution in [1.29, 1.82) is 0 Å². The molecule has 0 aliphatic rings. The summed E-state index contributed by atoms with van der Waals surface area (Å²) >= 11 is 0. The quantitative estimate of drug-likeness (QED) is 0.392. The summed E-state index contributed by atoms with van der Waals surface area (Å²) in [4.78, 5) is 0. The second-order valence-corrected chi connectivity index (χ2v) is 12.0. The molecule has 0 radical (unpaired) electrons. The van der Waals surface area contributed by atoms with E-state index in [9.17, 15) is 4.57 Å². The monoisotopic (exact) mass is 244 g/mol. The van der Waals surface area contributed by atoms with Crippen molar-refractivity contribution < 1.29 is 32.5 Å². The Morgan fingerprint density at radius 2 is 1.47 bits per heavy atom. The van der Waals surface area contributed by atoms with Gasteiger partial charge in [0, 0.05) is 0 Å². The van der Waals surface area contributed by atoms with Crippen LogP contribution in [0.5, 0.6) is 0 Å². The second kappa shape index (κ2) is 7.32. The van der Waals surface area contributed by atoms with Gasteiger partial charge in [0.2, 0.25) is 0 Å². The van der Waals surface area contributed by atoms with E-state index in [0.717, 1.165) is 5.28 Å². The van der Waals surface area contributed by atoms with Gasteiger partial charge >= 0.3 is 18.9 Å². The summed E-state index contributed by atoms with van der Waals surface area (Å²) in [7, 11) is -4.52. The topological polar surface area (TPSA) is 35.5 Å². The van der Waals surface area contributed by atoms with E-state index >= 15 is 0 Å². The van der Waals surface area contributed by atoms with Crippen molar-refractivity contribution in [2.75, 3.05) is 13.2 Å². The van der Waals surface area contributed by atoms with Gasteiger partial charge in [-0.15, -0.1) is 0 Å². The van der Waals surface area contributed by atoms with E-state index < -0.39 is 15.7 Å². The van der Waals surface area contributed by atoms with Crippen molar-refractivity contribution in [1.82, 2.24) is 0 Å². The molecule has 0 saturated heterocycles. The Hall–Kier alpha value is 0.964. The van der Waals surface area contributed by atoms with Gasteiger partial charge in [0.15, 0.2) is 7.60 Å². The number of hydrogen-bond donors (Lipinski definition) is 0. The molecular formula is C9H22LiO3PSi. The molecule has 0 aliphatic carbocycles. The Balaban J connectivity index is 0. The van der Waals surface area contributed by atoms with Gasteiger partial charge in [-0.05, 0) is 13.8 Å². The maximum Gasteiger partial charge on any atom is 1.00 e. The van der Waals surface area contributed by atoms with E-state index in [1.807, 2.05) is 20.8 Å². The van der Waals surface area contributed by atoms with E-state index in [-0.39, 0.29) is 18.9 Å². The smallest absolute Gasteiger partial charge is 0.331 e. The molecule has 0 aromatic rings. The van der Waals surface area contributed by atoms with Gasteiger partial charge in [0.25, 0.3) is 0 Å². The fraction of sp³-hybridized carbons (Fsp3) is 0.889. The molecular weight excluding hydrogens is 222 g/mol. The van der Waals surface area contributed by atoms with Crippen LogP contribution in [0.25, 0.3) is 0 Å². The van der Waals surface area contributed by atoms with Crippen LogP contribution in [-0.4, -0.2) is 21.3 Å². The first kappa shape index (κ1) is 18.3. The van der Waals surface area contributed by atoms with Crippen molar-refractivity contribution in [3.8, 4) is 0 Å². The molecule has 0 heterocycles. The molecule has 0 atom stereocenters. The Morgan fingerprint density at radius 1 is 1.13 bits per heavy atom. The number of hydrogen-bond acceptors (Lipinski definition) is 3. The van der Waals surface area contributed by atoms with Crippen LogP contribution in [0.3, 0.4) is 0 Å². The fourth-order valence-electron chi connectivity index (χ4n) is 0.982. The van der Waals surface area contributed by atoms with E-state index in [4.69, 9.17) is 9.05 Å². The minimum Gasteiger partial charge on any atom is -0.331 e. The van der Waals surface area contributed by atoms with Crippen LogP contribution in [0.1, 0.15) is 20.8 Å². The zero-order valence-corrected chi connectivity index (χ0v) is 13.0. The van der Waals surface area contributed by atoms with Crippen molar-refractivity contribution in [2.24, 2.45) is 0 Å².